The van der Waals surface area contributed by atoms with Crippen LogP contribution in [0.2, 0.25) is 0 Å². The number of anilines is 1. The Hall–Kier alpha value is -4.22. The van der Waals surface area contributed by atoms with E-state index in [2.05, 4.69) is 15.2 Å². The van der Waals surface area contributed by atoms with Crippen LogP contribution in [0.3, 0.4) is 0 Å². The highest BCUT2D eigenvalue weighted by Gasteiger charge is 2.27. The molecule has 4 aromatic rings. The standard InChI is InChI=1S/C27H29N5O5S/c1-19-8-10-20(11-9-19)32(38(35,36)22-14-12-21(13-15-22)37-17-16-31(2)3)18-25(33)29-30-26-23-6-4-5-7-24(23)28-27(26)34/h4-15,28,34H,16-18H2,1-3H3. The predicted molar refractivity (Wildman–Crippen MR) is 146 cm³/mol. The topological polar surface area (TPSA) is 128 Å². The quantitative estimate of drug-likeness (QED) is 0.285. The van der Waals surface area contributed by atoms with Crippen molar-refractivity contribution in [3.8, 4) is 11.6 Å². The molecule has 1 aromatic heterocycles. The average Bonchev–Trinajstić information content (AvgIpc) is 3.21. The first kappa shape index (κ1) is 26.8. The van der Waals surface area contributed by atoms with E-state index in [1.807, 2.05) is 25.9 Å². The minimum Gasteiger partial charge on any atom is -0.493 e. The third-order valence-corrected chi connectivity index (χ3v) is 7.53. The normalized spacial score (nSPS) is 11.9. The first-order valence-electron chi connectivity index (χ1n) is 11.9. The number of carbonyl (C=O) groups excluding carboxylic acids is 1. The highest BCUT2D eigenvalue weighted by molar-refractivity contribution is 7.92. The number of rotatable bonds is 10. The highest BCUT2D eigenvalue weighted by Crippen LogP contribution is 2.35. The molecule has 0 bridgehead atoms. The number of aromatic amines is 1. The smallest absolute Gasteiger partial charge is 0.285 e. The molecular weight excluding hydrogens is 506 g/mol. The predicted octanol–water partition coefficient (Wildman–Crippen LogP) is 4.63. The van der Waals surface area contributed by atoms with Gasteiger partial charge in [-0.15, -0.1) is 10.2 Å². The van der Waals surface area contributed by atoms with Crippen molar-refractivity contribution < 1.29 is 23.1 Å². The van der Waals surface area contributed by atoms with Gasteiger partial charge in [0.2, 0.25) is 5.88 Å². The molecule has 0 aliphatic rings. The van der Waals surface area contributed by atoms with Crippen LogP contribution in [0.4, 0.5) is 11.4 Å². The molecule has 0 saturated heterocycles. The number of nitrogens with zero attached hydrogens (tertiary/aromatic N) is 4. The molecule has 1 amide bonds. The van der Waals surface area contributed by atoms with Crippen molar-refractivity contribution >= 4 is 38.2 Å². The first-order chi connectivity index (χ1) is 18.1. The molecule has 0 spiro atoms. The van der Waals surface area contributed by atoms with Gasteiger partial charge in [0.1, 0.15) is 18.9 Å². The molecule has 2 N–H and O–H groups in total. The number of benzene rings is 3. The molecule has 0 saturated carbocycles. The fraction of sp³-hybridized carbons (Fsp3) is 0.222. The Balaban J connectivity index is 1.59. The molecule has 0 aliphatic heterocycles. The molecule has 38 heavy (non-hydrogen) atoms. The highest BCUT2D eigenvalue weighted by atomic mass is 32.2. The van der Waals surface area contributed by atoms with Gasteiger partial charge in [-0.3, -0.25) is 9.10 Å². The van der Waals surface area contributed by atoms with Crippen LogP contribution in [0, 0.1) is 6.92 Å². The Morgan fingerprint density at radius 1 is 1.00 bits per heavy atom. The lowest BCUT2D eigenvalue weighted by molar-refractivity contribution is -0.116. The van der Waals surface area contributed by atoms with Crippen LogP contribution in [0.5, 0.6) is 11.6 Å². The number of likely N-dealkylation sites (N-methyl/N-ethyl adjacent to an activating group) is 1. The minimum atomic E-state index is -4.14. The molecule has 198 valence electrons. The van der Waals surface area contributed by atoms with E-state index in [9.17, 15) is 18.3 Å². The number of sulfonamides is 1. The molecule has 3 aromatic carbocycles. The zero-order chi connectivity index (χ0) is 27.3. The van der Waals surface area contributed by atoms with Crippen molar-refractivity contribution in [2.24, 2.45) is 10.2 Å². The van der Waals surface area contributed by atoms with Crippen LogP contribution >= 0.6 is 0 Å². The van der Waals surface area contributed by atoms with Gasteiger partial charge in [0.05, 0.1) is 16.1 Å². The summed E-state index contributed by atoms with van der Waals surface area (Å²) in [6.45, 7) is 2.47. The van der Waals surface area contributed by atoms with Gasteiger partial charge in [-0.2, -0.15) is 0 Å². The number of hydrogen-bond acceptors (Lipinski definition) is 7. The molecule has 0 unspecified atom stereocenters. The van der Waals surface area contributed by atoms with Gasteiger partial charge in [0.25, 0.3) is 15.9 Å². The number of aromatic hydroxyl groups is 1. The second-order valence-electron chi connectivity index (χ2n) is 8.93. The maximum Gasteiger partial charge on any atom is 0.285 e. The second kappa shape index (κ2) is 11.4. The molecule has 1 heterocycles. The largest absolute Gasteiger partial charge is 0.493 e. The summed E-state index contributed by atoms with van der Waals surface area (Å²) in [5.41, 5.74) is 1.97. The molecule has 0 aliphatic carbocycles. The van der Waals surface area contributed by atoms with E-state index in [0.717, 1.165) is 9.87 Å². The SMILES string of the molecule is Cc1ccc(N(CC(=O)N=Nc2c(O)[nH]c3ccccc23)S(=O)(=O)c2ccc(OCCN(C)C)cc2)cc1. The van der Waals surface area contributed by atoms with Crippen molar-refractivity contribution in [1.82, 2.24) is 9.88 Å². The van der Waals surface area contributed by atoms with E-state index in [1.165, 1.54) is 12.1 Å². The summed E-state index contributed by atoms with van der Waals surface area (Å²) in [4.78, 5) is 17.6. The van der Waals surface area contributed by atoms with Gasteiger partial charge in [-0.25, -0.2) is 8.42 Å². The summed E-state index contributed by atoms with van der Waals surface area (Å²) in [5.74, 6) is -0.503. The van der Waals surface area contributed by atoms with Crippen molar-refractivity contribution in [3.63, 3.8) is 0 Å². The lowest BCUT2D eigenvalue weighted by atomic mass is 10.2. The number of hydrogen-bond donors (Lipinski definition) is 2. The lowest BCUT2D eigenvalue weighted by Gasteiger charge is -2.23. The minimum absolute atomic E-state index is 0.00273. The van der Waals surface area contributed by atoms with E-state index in [0.29, 0.717) is 35.5 Å². The molecule has 0 radical (unpaired) electrons. The first-order valence-corrected chi connectivity index (χ1v) is 13.3. The zero-order valence-electron chi connectivity index (χ0n) is 21.3. The number of aryl methyl sites for hydroxylation is 1. The van der Waals surface area contributed by atoms with Gasteiger partial charge in [0, 0.05) is 11.9 Å². The zero-order valence-corrected chi connectivity index (χ0v) is 22.1. The van der Waals surface area contributed by atoms with E-state index in [4.69, 9.17) is 4.74 Å². The van der Waals surface area contributed by atoms with Crippen molar-refractivity contribution in [2.75, 3.05) is 38.1 Å². The second-order valence-corrected chi connectivity index (χ2v) is 10.8. The fourth-order valence-corrected chi connectivity index (χ4v) is 5.10. The van der Waals surface area contributed by atoms with Gasteiger partial charge < -0.3 is 19.7 Å². The number of nitrogens with one attached hydrogen (secondary N) is 1. The average molecular weight is 536 g/mol. The Labute approximate surface area is 221 Å². The molecule has 0 atom stereocenters. The number of H-pyrrole nitrogens is 1. The Bertz CT molecular complexity index is 1550. The van der Waals surface area contributed by atoms with E-state index in [1.54, 1.807) is 60.7 Å². The van der Waals surface area contributed by atoms with Gasteiger partial charge >= 0.3 is 0 Å². The number of amides is 1. The molecule has 0 fully saturated rings. The summed E-state index contributed by atoms with van der Waals surface area (Å²) in [6, 6.07) is 19.8. The van der Waals surface area contributed by atoms with Crippen LogP contribution < -0.4 is 9.04 Å². The summed E-state index contributed by atoms with van der Waals surface area (Å²) < 4.78 is 33.9. The maximum atomic E-state index is 13.6. The summed E-state index contributed by atoms with van der Waals surface area (Å²) in [5, 5.41) is 18.4. The third-order valence-electron chi connectivity index (χ3n) is 5.74. The van der Waals surface area contributed by atoms with Crippen molar-refractivity contribution in [3.05, 3.63) is 78.4 Å². The Morgan fingerprint density at radius 2 is 1.68 bits per heavy atom. The summed E-state index contributed by atoms with van der Waals surface area (Å²) in [6.07, 6.45) is 0. The number of carbonyl (C=O) groups is 1. The Kier molecular flexibility index (Phi) is 8.08. The van der Waals surface area contributed by atoms with Crippen molar-refractivity contribution in [2.45, 2.75) is 11.8 Å². The van der Waals surface area contributed by atoms with Crippen LogP contribution in [0.15, 0.2) is 87.9 Å². The van der Waals surface area contributed by atoms with Crippen molar-refractivity contribution in [1.29, 1.82) is 0 Å². The fourth-order valence-electron chi connectivity index (χ4n) is 3.68. The van der Waals surface area contributed by atoms with Crippen LogP contribution in [-0.2, 0) is 14.8 Å². The Morgan fingerprint density at radius 3 is 2.37 bits per heavy atom. The van der Waals surface area contributed by atoms with Gasteiger partial charge in [-0.1, -0.05) is 35.9 Å². The number of azo groups is 1. The molecule has 11 heteroatoms. The number of aromatic nitrogens is 1. The van der Waals surface area contributed by atoms with E-state index >= 15 is 0 Å². The monoisotopic (exact) mass is 535 g/mol. The van der Waals surface area contributed by atoms with E-state index < -0.39 is 22.5 Å². The third kappa shape index (κ3) is 6.18. The van der Waals surface area contributed by atoms with Crippen LogP contribution in [0.1, 0.15) is 5.56 Å². The number of para-hydroxylation sites is 1. The number of ether oxygens (including phenoxy) is 1. The molecular formula is C27H29N5O5S. The maximum absolute atomic E-state index is 13.6. The lowest BCUT2D eigenvalue weighted by Crippen LogP contribution is -2.35. The molecule has 10 nitrogen and oxygen atoms in total. The van der Waals surface area contributed by atoms with Crippen LogP contribution in [0.25, 0.3) is 10.9 Å². The summed E-state index contributed by atoms with van der Waals surface area (Å²) >= 11 is 0. The van der Waals surface area contributed by atoms with E-state index in [-0.39, 0.29) is 16.5 Å². The van der Waals surface area contributed by atoms with Gasteiger partial charge in [-0.05, 0) is 63.5 Å². The molecule has 4 rings (SSSR count). The van der Waals surface area contributed by atoms with Gasteiger partial charge in [0.15, 0.2) is 5.69 Å². The number of fused-ring (bicyclic) bond motifs is 1. The summed E-state index contributed by atoms with van der Waals surface area (Å²) in [7, 11) is -0.270. The van der Waals surface area contributed by atoms with Crippen LogP contribution in [-0.4, -0.2) is 63.1 Å².